The van der Waals surface area contributed by atoms with Crippen molar-refractivity contribution in [2.75, 3.05) is 5.32 Å². The Morgan fingerprint density at radius 2 is 2.17 bits per heavy atom. The molecular formula is C17H19ClN4O. The molecule has 0 bridgehead atoms. The van der Waals surface area contributed by atoms with Crippen LogP contribution in [0, 0.1) is 13.8 Å². The molecule has 0 saturated heterocycles. The summed E-state index contributed by atoms with van der Waals surface area (Å²) in [6, 6.07) is 1.98. The fourth-order valence-corrected chi connectivity index (χ4v) is 2.39. The number of hydrogen-bond donors (Lipinski definition) is 1. The fourth-order valence-electron chi connectivity index (χ4n) is 2.19. The van der Waals surface area contributed by atoms with Crippen molar-refractivity contribution in [2.45, 2.75) is 27.3 Å². The lowest BCUT2D eigenvalue weighted by atomic mass is 10.2. The average molecular weight is 331 g/mol. The van der Waals surface area contributed by atoms with Gasteiger partial charge in [-0.15, -0.1) is 0 Å². The van der Waals surface area contributed by atoms with E-state index in [0.717, 1.165) is 16.7 Å². The lowest BCUT2D eigenvalue weighted by molar-refractivity contribution is 0.739. The molecule has 0 amide bonds. The minimum absolute atomic E-state index is 0.156. The van der Waals surface area contributed by atoms with Gasteiger partial charge in [-0.05, 0) is 31.9 Å². The molecule has 6 heteroatoms. The monoisotopic (exact) mass is 330 g/mol. The van der Waals surface area contributed by atoms with E-state index in [-0.39, 0.29) is 16.5 Å². The zero-order valence-electron chi connectivity index (χ0n) is 13.4. The Morgan fingerprint density at radius 3 is 2.83 bits per heavy atom. The summed E-state index contributed by atoms with van der Waals surface area (Å²) in [6.45, 7) is 9.87. The molecule has 0 spiro atoms. The molecule has 0 radical (unpaired) electrons. The van der Waals surface area contributed by atoms with E-state index in [4.69, 9.17) is 11.6 Å². The molecule has 0 aliphatic heterocycles. The first-order valence-corrected chi connectivity index (χ1v) is 7.54. The van der Waals surface area contributed by atoms with E-state index in [0.29, 0.717) is 12.4 Å². The van der Waals surface area contributed by atoms with Crippen LogP contribution in [0.2, 0.25) is 5.15 Å². The van der Waals surface area contributed by atoms with Crippen LogP contribution < -0.4 is 10.9 Å². The van der Waals surface area contributed by atoms with Gasteiger partial charge < -0.3 is 9.88 Å². The Kier molecular flexibility index (Phi) is 5.34. The molecule has 23 heavy (non-hydrogen) atoms. The quantitative estimate of drug-likeness (QED) is 0.847. The highest BCUT2D eigenvalue weighted by Gasteiger charge is 2.10. The Labute approximate surface area is 140 Å². The molecule has 2 aromatic rings. The van der Waals surface area contributed by atoms with Gasteiger partial charge in [0, 0.05) is 18.9 Å². The van der Waals surface area contributed by atoms with E-state index in [9.17, 15) is 4.79 Å². The number of aryl methyl sites for hydroxylation is 2. The zero-order chi connectivity index (χ0) is 17.0. The molecule has 1 N–H and O–H groups in total. The first-order chi connectivity index (χ1) is 10.9. The third-order valence-electron chi connectivity index (χ3n) is 3.22. The van der Waals surface area contributed by atoms with Crippen molar-refractivity contribution in [1.82, 2.24) is 14.5 Å². The molecule has 2 heterocycles. The number of hydrogen-bond acceptors (Lipinski definition) is 4. The van der Waals surface area contributed by atoms with Crippen molar-refractivity contribution in [3.8, 4) is 0 Å². The van der Waals surface area contributed by atoms with Crippen molar-refractivity contribution in [1.29, 1.82) is 0 Å². The molecular weight excluding hydrogens is 312 g/mol. The molecule has 120 valence electrons. The van der Waals surface area contributed by atoms with Gasteiger partial charge in [-0.25, -0.2) is 9.97 Å². The van der Waals surface area contributed by atoms with Crippen LogP contribution in [0.25, 0.3) is 0 Å². The van der Waals surface area contributed by atoms with E-state index in [1.807, 2.05) is 32.9 Å². The van der Waals surface area contributed by atoms with Crippen LogP contribution >= 0.6 is 11.6 Å². The number of anilines is 2. The van der Waals surface area contributed by atoms with E-state index >= 15 is 0 Å². The Balaban J connectivity index is 2.39. The molecule has 0 atom stereocenters. The van der Waals surface area contributed by atoms with E-state index in [1.165, 1.54) is 10.8 Å². The highest BCUT2D eigenvalue weighted by Crippen LogP contribution is 2.16. The molecule has 0 unspecified atom stereocenters. The average Bonchev–Trinajstić information content (AvgIpc) is 2.47. The van der Waals surface area contributed by atoms with Crippen LogP contribution in [0.5, 0.6) is 0 Å². The minimum atomic E-state index is -0.256. The normalized spacial score (nSPS) is 11.4. The topological polar surface area (TPSA) is 59.8 Å². The van der Waals surface area contributed by atoms with E-state index in [1.54, 1.807) is 12.3 Å². The van der Waals surface area contributed by atoms with Gasteiger partial charge in [0.15, 0.2) is 5.82 Å². The lowest BCUT2D eigenvalue weighted by Gasteiger charge is -2.11. The molecule has 0 saturated carbocycles. The smallest absolute Gasteiger partial charge is 0.294 e. The fraction of sp³-hybridized carbons (Fsp3) is 0.235. The van der Waals surface area contributed by atoms with Gasteiger partial charge in [0.25, 0.3) is 5.56 Å². The summed E-state index contributed by atoms with van der Waals surface area (Å²) < 4.78 is 1.51. The molecule has 0 aliphatic rings. The van der Waals surface area contributed by atoms with Crippen LogP contribution in [0.4, 0.5) is 11.6 Å². The number of rotatable bonds is 5. The highest BCUT2D eigenvalue weighted by molar-refractivity contribution is 6.29. The van der Waals surface area contributed by atoms with Crippen LogP contribution in [0.3, 0.4) is 0 Å². The van der Waals surface area contributed by atoms with Gasteiger partial charge in [0.05, 0.1) is 0 Å². The van der Waals surface area contributed by atoms with Crippen molar-refractivity contribution in [3.05, 3.63) is 69.4 Å². The minimum Gasteiger partial charge on any atom is -0.320 e. The predicted molar refractivity (Wildman–Crippen MR) is 94.5 cm³/mol. The van der Waals surface area contributed by atoms with Crippen LogP contribution in [-0.4, -0.2) is 14.5 Å². The summed E-state index contributed by atoms with van der Waals surface area (Å²) in [6.07, 6.45) is 6.78. The van der Waals surface area contributed by atoms with Gasteiger partial charge >= 0.3 is 0 Å². The molecule has 0 fully saturated rings. The van der Waals surface area contributed by atoms with Crippen LogP contribution in [-0.2, 0) is 6.54 Å². The molecule has 5 nitrogen and oxygen atoms in total. The SMILES string of the molecule is C=C/C=C(\C)Cn1cc(Cl)nc(Nc2ncc(C)cc2C)c1=O. The maximum Gasteiger partial charge on any atom is 0.294 e. The first-order valence-electron chi connectivity index (χ1n) is 7.16. The lowest BCUT2D eigenvalue weighted by Crippen LogP contribution is -2.24. The van der Waals surface area contributed by atoms with Gasteiger partial charge in [-0.1, -0.05) is 42.0 Å². The number of nitrogens with zero attached hydrogens (tertiary/aromatic N) is 3. The number of aromatic nitrogens is 3. The largest absolute Gasteiger partial charge is 0.320 e. The molecule has 2 aromatic heterocycles. The van der Waals surface area contributed by atoms with E-state index in [2.05, 4.69) is 21.9 Å². The van der Waals surface area contributed by atoms with Crippen molar-refractivity contribution in [3.63, 3.8) is 0 Å². The summed E-state index contributed by atoms with van der Waals surface area (Å²) in [4.78, 5) is 20.9. The summed E-state index contributed by atoms with van der Waals surface area (Å²) in [5.74, 6) is 0.746. The molecule has 0 aromatic carbocycles. The number of nitrogens with one attached hydrogen (secondary N) is 1. The van der Waals surface area contributed by atoms with Crippen molar-refractivity contribution < 1.29 is 0 Å². The number of halogens is 1. The van der Waals surface area contributed by atoms with Crippen LogP contribution in [0.15, 0.2) is 47.6 Å². The third-order valence-corrected chi connectivity index (χ3v) is 3.40. The first kappa shape index (κ1) is 17.0. The van der Waals surface area contributed by atoms with Crippen molar-refractivity contribution in [2.24, 2.45) is 0 Å². The Morgan fingerprint density at radius 1 is 1.43 bits per heavy atom. The second-order valence-corrected chi connectivity index (χ2v) is 5.78. The second-order valence-electron chi connectivity index (χ2n) is 5.40. The Hall–Kier alpha value is -2.40. The maximum absolute atomic E-state index is 12.5. The summed E-state index contributed by atoms with van der Waals surface area (Å²) in [5.41, 5.74) is 2.71. The maximum atomic E-state index is 12.5. The number of pyridine rings is 1. The van der Waals surface area contributed by atoms with Crippen molar-refractivity contribution >= 4 is 23.2 Å². The van der Waals surface area contributed by atoms with Gasteiger partial charge in [0.1, 0.15) is 11.0 Å². The zero-order valence-corrected chi connectivity index (χ0v) is 14.2. The van der Waals surface area contributed by atoms with Gasteiger partial charge in [0.2, 0.25) is 0 Å². The van der Waals surface area contributed by atoms with Crippen LogP contribution in [0.1, 0.15) is 18.1 Å². The second kappa shape index (κ2) is 7.24. The predicted octanol–water partition coefficient (Wildman–Crippen LogP) is 3.78. The summed E-state index contributed by atoms with van der Waals surface area (Å²) in [7, 11) is 0. The van der Waals surface area contributed by atoms with Gasteiger partial charge in [-0.2, -0.15) is 0 Å². The Bertz CT molecular complexity index is 824. The summed E-state index contributed by atoms with van der Waals surface area (Å²) in [5, 5.41) is 3.21. The van der Waals surface area contributed by atoms with Gasteiger partial charge in [-0.3, -0.25) is 4.79 Å². The standard InChI is InChI=1S/C17H19ClN4O/c1-5-6-11(2)9-22-10-14(18)20-16(17(22)23)21-15-13(4)7-12(3)8-19-15/h5-8,10H,1,9H2,2-4H3,(H,19,20,21)/b11-6+. The number of allylic oxidation sites excluding steroid dienone is 3. The summed E-state index contributed by atoms with van der Waals surface area (Å²) >= 11 is 6.04. The molecule has 0 aliphatic carbocycles. The third kappa shape index (κ3) is 4.29. The highest BCUT2D eigenvalue weighted by atomic mass is 35.5. The molecule has 2 rings (SSSR count). The van der Waals surface area contributed by atoms with E-state index < -0.39 is 0 Å².